The maximum absolute atomic E-state index is 15.1. The van der Waals surface area contributed by atoms with Crippen LogP contribution in [-0.4, -0.2) is 36.0 Å². The quantitative estimate of drug-likeness (QED) is 0.0855. The Bertz CT molecular complexity index is 3370. The molecule has 14 heteroatoms. The second-order valence-electron chi connectivity index (χ2n) is 16.6. The molecule has 10 rings (SSSR count). The lowest BCUT2D eigenvalue weighted by molar-refractivity contribution is -0.288. The first kappa shape index (κ1) is 47.0. The molecular weight excluding hydrogens is 947 g/mol. The lowest BCUT2D eigenvalue weighted by atomic mass is 9.73. The molecule has 0 radical (unpaired) electrons. The van der Waals surface area contributed by atoms with E-state index < -0.39 is 52.5 Å². The minimum absolute atomic E-state index is 0.101. The molecule has 0 aromatic heterocycles. The van der Waals surface area contributed by atoms with Crippen LogP contribution in [-0.2, 0) is 5.41 Å². The molecule has 356 valence electrons. The van der Waals surface area contributed by atoms with E-state index in [2.05, 4.69) is 23.7 Å². The molecule has 73 heavy (non-hydrogen) atoms. The molecule has 0 spiro atoms. The molecule has 8 aromatic carbocycles. The Hall–Kier alpha value is -9.66. The van der Waals surface area contributed by atoms with Crippen LogP contribution in [0.1, 0.15) is 74.8 Å². The van der Waals surface area contributed by atoms with E-state index in [1.807, 2.05) is 60.7 Å². The summed E-state index contributed by atoms with van der Waals surface area (Å²) in [5.41, 5.74) is -3.08. The molecule has 2 aliphatic heterocycles. The van der Waals surface area contributed by atoms with Gasteiger partial charge in [-0.3, -0.25) is 19.2 Å². The summed E-state index contributed by atoms with van der Waals surface area (Å²) in [5.74, 6) is 9.72. The number of rotatable bonds is 8. The second-order valence-corrected chi connectivity index (χ2v) is 16.6. The van der Waals surface area contributed by atoms with Gasteiger partial charge in [-0.25, -0.2) is 9.80 Å². The molecule has 8 nitrogen and oxygen atoms in total. The minimum Gasteiger partial charge on any atom is -0.457 e. The van der Waals surface area contributed by atoms with E-state index in [0.717, 1.165) is 45.2 Å². The number of alkyl halides is 6. The highest BCUT2D eigenvalue weighted by Gasteiger charge is 2.72. The molecule has 0 saturated heterocycles. The van der Waals surface area contributed by atoms with Crippen molar-refractivity contribution in [1.82, 2.24) is 0 Å². The Morgan fingerprint density at radius 1 is 0.329 bits per heavy atom. The molecule has 0 aliphatic carbocycles. The van der Waals surface area contributed by atoms with E-state index >= 15 is 26.3 Å². The van der Waals surface area contributed by atoms with Gasteiger partial charge in [-0.1, -0.05) is 84.3 Å². The van der Waals surface area contributed by atoms with Gasteiger partial charge in [0.1, 0.15) is 23.0 Å². The average molecular weight is 979 g/mol. The van der Waals surface area contributed by atoms with Crippen LogP contribution < -0.4 is 19.3 Å². The van der Waals surface area contributed by atoms with E-state index in [0.29, 0.717) is 35.4 Å². The van der Waals surface area contributed by atoms with Crippen LogP contribution in [0.25, 0.3) is 0 Å². The van der Waals surface area contributed by atoms with Crippen LogP contribution >= 0.6 is 0 Å². The maximum Gasteiger partial charge on any atom is 0.411 e. The first-order chi connectivity index (χ1) is 35.1. The summed E-state index contributed by atoms with van der Waals surface area (Å²) in [5, 5.41) is 0. The molecule has 0 saturated carbocycles. The fourth-order valence-electron chi connectivity index (χ4n) is 8.56. The summed E-state index contributed by atoms with van der Waals surface area (Å²) >= 11 is 0. The summed E-state index contributed by atoms with van der Waals surface area (Å²) < 4.78 is 102. The zero-order valence-corrected chi connectivity index (χ0v) is 37.6. The number of halogens is 6. The third-order valence-electron chi connectivity index (χ3n) is 12.1. The molecule has 2 aliphatic rings. The second kappa shape index (κ2) is 18.6. The SMILES string of the molecule is O=C1c2ccc(C#Cc3ccccc3)cc2C(=O)N1c1ccc(Oc2ccc(C(c3ccc(Oc4ccc(N5C(=O)c6ccc(C#Cc7ccccc7)cc6C5=O)cc4)cc3)(C(F)(F)F)C(F)(F)F)cc2)cc1. The van der Waals surface area contributed by atoms with Crippen molar-refractivity contribution >= 4 is 35.0 Å². The normalized spacial score (nSPS) is 13.2. The number of fused-ring (bicyclic) bond motifs is 2. The van der Waals surface area contributed by atoms with Gasteiger partial charge in [0.2, 0.25) is 5.41 Å². The molecule has 0 N–H and O–H groups in total. The van der Waals surface area contributed by atoms with E-state index in [9.17, 15) is 19.2 Å². The fraction of sp³-hybridized carbons (Fsp3) is 0.0508. The Morgan fingerprint density at radius 2 is 0.630 bits per heavy atom. The van der Waals surface area contributed by atoms with Gasteiger partial charge in [0.25, 0.3) is 23.6 Å². The van der Waals surface area contributed by atoms with Gasteiger partial charge in [0.05, 0.1) is 33.6 Å². The average Bonchev–Trinajstić information content (AvgIpc) is 3.79. The summed E-state index contributed by atoms with van der Waals surface area (Å²) in [6.07, 6.45) is -11.8. The molecule has 2 heterocycles. The van der Waals surface area contributed by atoms with Gasteiger partial charge in [0, 0.05) is 22.3 Å². The van der Waals surface area contributed by atoms with Crippen molar-refractivity contribution in [3.05, 3.63) is 250 Å². The molecule has 8 aromatic rings. The number of anilines is 2. The van der Waals surface area contributed by atoms with Crippen molar-refractivity contribution in [1.29, 1.82) is 0 Å². The molecule has 4 amide bonds. The third kappa shape index (κ3) is 8.83. The van der Waals surface area contributed by atoms with E-state index in [1.54, 1.807) is 12.1 Å². The van der Waals surface area contributed by atoms with Crippen LogP contribution in [0.4, 0.5) is 37.7 Å². The number of imide groups is 2. The van der Waals surface area contributed by atoms with E-state index in [1.165, 1.54) is 72.8 Å². The highest BCUT2D eigenvalue weighted by molar-refractivity contribution is 6.35. The lowest BCUT2D eigenvalue weighted by Crippen LogP contribution is -2.54. The summed E-state index contributed by atoms with van der Waals surface area (Å²) in [4.78, 5) is 55.4. The Morgan fingerprint density at radius 3 is 0.959 bits per heavy atom. The van der Waals surface area contributed by atoms with Crippen molar-refractivity contribution < 1.29 is 55.0 Å². The van der Waals surface area contributed by atoms with Gasteiger partial charge >= 0.3 is 12.4 Å². The summed E-state index contributed by atoms with van der Waals surface area (Å²) in [6.45, 7) is 0. The third-order valence-corrected chi connectivity index (χ3v) is 12.1. The minimum atomic E-state index is -5.88. The van der Waals surface area contributed by atoms with Gasteiger partial charge in [0.15, 0.2) is 0 Å². The largest absolute Gasteiger partial charge is 0.457 e. The van der Waals surface area contributed by atoms with Gasteiger partial charge < -0.3 is 9.47 Å². The number of carbonyl (C=O) groups is 4. The van der Waals surface area contributed by atoms with Crippen molar-refractivity contribution in [3.63, 3.8) is 0 Å². The van der Waals surface area contributed by atoms with Crippen LogP contribution in [0.15, 0.2) is 194 Å². The summed E-state index contributed by atoms with van der Waals surface area (Å²) in [6, 6.07) is 45.7. The van der Waals surface area contributed by atoms with Crippen molar-refractivity contribution in [2.45, 2.75) is 17.8 Å². The number of ether oxygens (including phenoxy) is 2. The Balaban J connectivity index is 0.819. The fourth-order valence-corrected chi connectivity index (χ4v) is 8.56. The number of amides is 4. The van der Waals surface area contributed by atoms with Crippen molar-refractivity contribution in [2.24, 2.45) is 0 Å². The predicted molar refractivity (Wildman–Crippen MR) is 259 cm³/mol. The zero-order chi connectivity index (χ0) is 51.1. The predicted octanol–water partition coefficient (Wildman–Crippen LogP) is 13.1. The Kier molecular flexibility index (Phi) is 12.0. The molecular formula is C59H32F6N2O6. The van der Waals surface area contributed by atoms with E-state index in [-0.39, 0.29) is 56.6 Å². The van der Waals surface area contributed by atoms with Crippen LogP contribution in [0.2, 0.25) is 0 Å². The standard InChI is InChI=1S/C59H32F6N2O6/c60-58(61,62)57(59(63,64)65,41-17-25-45(26-18-41)72-47-29-21-43(22-30-47)66-53(68)49-33-15-39(35-51(49)55(66)70)13-11-37-7-3-1-4-8-37)42-19-27-46(28-20-42)73-48-31-23-44(24-32-48)67-54(69)50-34-16-40(36-52(50)56(67)71)14-12-38-9-5-2-6-10-38/h1-10,15-36H. The van der Waals surface area contributed by atoms with Crippen LogP contribution in [0, 0.1) is 23.7 Å². The lowest BCUT2D eigenvalue weighted by Gasteiger charge is -2.38. The first-order valence-corrected chi connectivity index (χ1v) is 22.2. The molecule has 0 fully saturated rings. The van der Waals surface area contributed by atoms with Gasteiger partial charge in [-0.2, -0.15) is 26.3 Å². The molecule has 0 bridgehead atoms. The van der Waals surface area contributed by atoms with E-state index in [4.69, 9.17) is 9.47 Å². The zero-order valence-electron chi connectivity index (χ0n) is 37.6. The summed E-state index contributed by atoms with van der Waals surface area (Å²) in [7, 11) is 0. The number of nitrogens with zero attached hydrogens (tertiary/aromatic N) is 2. The van der Waals surface area contributed by atoms with Crippen molar-refractivity contribution in [2.75, 3.05) is 9.80 Å². The maximum atomic E-state index is 15.1. The Labute approximate surface area is 412 Å². The van der Waals surface area contributed by atoms with Gasteiger partial charge in [-0.05, 0) is 145 Å². The van der Waals surface area contributed by atoms with Crippen LogP contribution in [0.3, 0.4) is 0 Å². The molecule has 0 unspecified atom stereocenters. The van der Waals surface area contributed by atoms with Crippen molar-refractivity contribution in [3.8, 4) is 46.7 Å². The number of hydrogen-bond acceptors (Lipinski definition) is 6. The van der Waals surface area contributed by atoms with Crippen LogP contribution in [0.5, 0.6) is 23.0 Å². The highest BCUT2D eigenvalue weighted by Crippen LogP contribution is 2.56. The smallest absolute Gasteiger partial charge is 0.411 e. The van der Waals surface area contributed by atoms with Gasteiger partial charge in [-0.15, -0.1) is 0 Å². The molecule has 0 atom stereocenters. The first-order valence-electron chi connectivity index (χ1n) is 22.2. The number of benzene rings is 8. The monoisotopic (exact) mass is 978 g/mol. The topological polar surface area (TPSA) is 93.2 Å². The number of hydrogen-bond donors (Lipinski definition) is 0. The number of carbonyl (C=O) groups excluding carboxylic acids is 4. The highest BCUT2D eigenvalue weighted by atomic mass is 19.4.